The molecule has 7 heteroatoms. The first-order valence-electron chi connectivity index (χ1n) is 6.74. The average Bonchev–Trinajstić information content (AvgIpc) is 2.82. The fraction of sp³-hybridized carbons (Fsp3) is 0.917. The highest BCUT2D eigenvalue weighted by atomic mass is 32.2. The Morgan fingerprint density at radius 2 is 2.16 bits per heavy atom. The van der Waals surface area contributed by atoms with Gasteiger partial charge >= 0.3 is 0 Å². The van der Waals surface area contributed by atoms with Crippen LogP contribution in [0.2, 0.25) is 0 Å². The van der Waals surface area contributed by atoms with Gasteiger partial charge in [0.15, 0.2) is 0 Å². The molecule has 6 nitrogen and oxygen atoms in total. The molecule has 0 spiro atoms. The first-order valence-corrected chi connectivity index (χ1v) is 7.72. The molecule has 0 amide bonds. The molecule has 0 unspecified atom stereocenters. The summed E-state index contributed by atoms with van der Waals surface area (Å²) in [5, 5.41) is 16.0. The van der Waals surface area contributed by atoms with E-state index in [0.29, 0.717) is 0 Å². The number of nitrogens with zero attached hydrogens (tertiary/aromatic N) is 4. The average molecular weight is 287 g/mol. The molecule has 1 aromatic heterocycles. The van der Waals surface area contributed by atoms with Crippen LogP contribution < -0.4 is 5.32 Å². The number of ether oxygens (including phenoxy) is 1. The van der Waals surface area contributed by atoms with Crippen molar-refractivity contribution in [3.05, 3.63) is 0 Å². The first-order chi connectivity index (χ1) is 9.09. The largest absolute Gasteiger partial charge is 0.379 e. The molecule has 0 aliphatic rings. The fourth-order valence-corrected chi connectivity index (χ4v) is 2.56. The zero-order valence-corrected chi connectivity index (χ0v) is 13.2. The zero-order valence-electron chi connectivity index (χ0n) is 12.3. The summed E-state index contributed by atoms with van der Waals surface area (Å²) >= 11 is 1.68. The summed E-state index contributed by atoms with van der Waals surface area (Å²) in [5.74, 6) is 0.948. The van der Waals surface area contributed by atoms with E-state index in [2.05, 4.69) is 41.6 Å². The SMILES string of the molecule is CCCNCCn1nnnc1SCCC(C)(C)OC. The van der Waals surface area contributed by atoms with Gasteiger partial charge in [0.2, 0.25) is 5.16 Å². The molecule has 1 rings (SSSR count). The van der Waals surface area contributed by atoms with Crippen LogP contribution in [0.15, 0.2) is 5.16 Å². The van der Waals surface area contributed by atoms with Gasteiger partial charge in [0.25, 0.3) is 0 Å². The normalized spacial score (nSPS) is 12.0. The number of nitrogens with one attached hydrogen (secondary N) is 1. The standard InChI is InChI=1S/C12H25N5OS/c1-5-7-13-8-9-17-11(14-15-16-17)19-10-6-12(2,3)18-4/h13H,5-10H2,1-4H3. The van der Waals surface area contributed by atoms with Crippen LogP contribution in [0.1, 0.15) is 33.6 Å². The molecule has 1 heterocycles. The molecule has 0 aliphatic heterocycles. The molecule has 0 bridgehead atoms. The summed E-state index contributed by atoms with van der Waals surface area (Å²) < 4.78 is 7.25. The zero-order chi connectivity index (χ0) is 14.1. The minimum atomic E-state index is -0.0893. The highest BCUT2D eigenvalue weighted by Gasteiger charge is 2.16. The summed E-state index contributed by atoms with van der Waals surface area (Å²) in [6.45, 7) is 9.07. The van der Waals surface area contributed by atoms with Crippen molar-refractivity contribution in [3.8, 4) is 0 Å². The van der Waals surface area contributed by atoms with Crippen LogP contribution in [0, 0.1) is 0 Å². The van der Waals surface area contributed by atoms with Crippen molar-refractivity contribution in [2.75, 3.05) is 26.0 Å². The van der Waals surface area contributed by atoms with Crippen molar-refractivity contribution in [2.45, 2.75) is 50.9 Å². The lowest BCUT2D eigenvalue weighted by atomic mass is 10.1. The Bertz CT molecular complexity index is 356. The number of thioether (sulfide) groups is 1. The van der Waals surface area contributed by atoms with Crippen molar-refractivity contribution in [3.63, 3.8) is 0 Å². The van der Waals surface area contributed by atoms with Crippen LogP contribution in [0.3, 0.4) is 0 Å². The summed E-state index contributed by atoms with van der Waals surface area (Å²) in [6.07, 6.45) is 2.11. The lowest BCUT2D eigenvalue weighted by Crippen LogP contribution is -2.23. The van der Waals surface area contributed by atoms with Crippen molar-refractivity contribution < 1.29 is 4.74 Å². The van der Waals surface area contributed by atoms with Crippen LogP contribution >= 0.6 is 11.8 Å². The van der Waals surface area contributed by atoms with Crippen LogP contribution in [-0.2, 0) is 11.3 Å². The van der Waals surface area contributed by atoms with Crippen molar-refractivity contribution in [2.24, 2.45) is 0 Å². The quantitative estimate of drug-likeness (QED) is 0.521. The number of methoxy groups -OCH3 is 1. The van der Waals surface area contributed by atoms with Crippen molar-refractivity contribution in [1.82, 2.24) is 25.5 Å². The van der Waals surface area contributed by atoms with Crippen molar-refractivity contribution >= 4 is 11.8 Å². The maximum absolute atomic E-state index is 5.40. The monoisotopic (exact) mass is 287 g/mol. The molecular formula is C12H25N5OS. The van der Waals surface area contributed by atoms with Crippen LogP contribution in [0.5, 0.6) is 0 Å². The van der Waals surface area contributed by atoms with Gasteiger partial charge in [-0.25, -0.2) is 4.68 Å². The van der Waals surface area contributed by atoms with Gasteiger partial charge in [0, 0.05) is 19.4 Å². The van der Waals surface area contributed by atoms with E-state index in [1.165, 1.54) is 0 Å². The third-order valence-electron chi connectivity index (χ3n) is 2.91. The molecule has 1 aromatic rings. The fourth-order valence-electron chi connectivity index (χ4n) is 1.42. The molecule has 0 atom stereocenters. The van der Waals surface area contributed by atoms with Gasteiger partial charge in [0.1, 0.15) is 0 Å². The summed E-state index contributed by atoms with van der Waals surface area (Å²) in [5.41, 5.74) is -0.0893. The van der Waals surface area contributed by atoms with E-state index >= 15 is 0 Å². The van der Waals surface area contributed by atoms with Gasteiger partial charge < -0.3 is 10.1 Å². The number of hydrogen-bond donors (Lipinski definition) is 1. The molecule has 0 radical (unpaired) electrons. The first kappa shape index (κ1) is 16.4. The van der Waals surface area contributed by atoms with E-state index in [0.717, 1.165) is 43.4 Å². The maximum Gasteiger partial charge on any atom is 0.209 e. The van der Waals surface area contributed by atoms with E-state index in [4.69, 9.17) is 4.74 Å². The Hall–Kier alpha value is -0.660. The smallest absolute Gasteiger partial charge is 0.209 e. The third-order valence-corrected chi connectivity index (χ3v) is 3.87. The lowest BCUT2D eigenvalue weighted by molar-refractivity contribution is 0.0206. The summed E-state index contributed by atoms with van der Waals surface area (Å²) in [7, 11) is 1.74. The summed E-state index contributed by atoms with van der Waals surface area (Å²) in [6, 6.07) is 0. The van der Waals surface area contributed by atoms with Crippen LogP contribution in [0.4, 0.5) is 0 Å². The molecular weight excluding hydrogens is 262 g/mol. The van der Waals surface area contributed by atoms with Crippen LogP contribution in [0.25, 0.3) is 0 Å². The van der Waals surface area contributed by atoms with E-state index in [1.807, 2.05) is 4.68 Å². The highest BCUT2D eigenvalue weighted by molar-refractivity contribution is 7.99. The maximum atomic E-state index is 5.40. The molecule has 0 saturated carbocycles. The third kappa shape index (κ3) is 6.35. The topological polar surface area (TPSA) is 64.9 Å². The predicted molar refractivity (Wildman–Crippen MR) is 77.4 cm³/mol. The number of aromatic nitrogens is 4. The van der Waals surface area contributed by atoms with Gasteiger partial charge in [-0.3, -0.25) is 0 Å². The molecule has 1 N–H and O–H groups in total. The van der Waals surface area contributed by atoms with Crippen LogP contribution in [-0.4, -0.2) is 51.8 Å². The second-order valence-electron chi connectivity index (χ2n) is 5.00. The Balaban J connectivity index is 2.32. The Labute approximate surface area is 119 Å². The molecule has 0 saturated heterocycles. The number of rotatable bonds is 10. The van der Waals surface area contributed by atoms with Gasteiger partial charge in [-0.1, -0.05) is 18.7 Å². The Kier molecular flexibility index (Phi) is 7.33. The van der Waals surface area contributed by atoms with E-state index in [-0.39, 0.29) is 5.60 Å². The Morgan fingerprint density at radius 3 is 2.84 bits per heavy atom. The number of tetrazole rings is 1. The Morgan fingerprint density at radius 1 is 1.37 bits per heavy atom. The minimum absolute atomic E-state index is 0.0893. The molecule has 0 fully saturated rings. The minimum Gasteiger partial charge on any atom is -0.379 e. The van der Waals surface area contributed by atoms with Gasteiger partial charge in [0.05, 0.1) is 12.1 Å². The van der Waals surface area contributed by atoms with Gasteiger partial charge in [-0.2, -0.15) is 0 Å². The lowest BCUT2D eigenvalue weighted by Gasteiger charge is -2.22. The predicted octanol–water partition coefficient (Wildman–Crippen LogP) is 1.58. The summed E-state index contributed by atoms with van der Waals surface area (Å²) in [4.78, 5) is 0. The van der Waals surface area contributed by atoms with Gasteiger partial charge in [-0.15, -0.1) is 5.10 Å². The second-order valence-corrected chi connectivity index (χ2v) is 6.06. The van der Waals surface area contributed by atoms with E-state index < -0.39 is 0 Å². The van der Waals surface area contributed by atoms with Crippen molar-refractivity contribution in [1.29, 1.82) is 0 Å². The number of hydrogen-bond acceptors (Lipinski definition) is 6. The van der Waals surface area contributed by atoms with E-state index in [1.54, 1.807) is 18.9 Å². The molecule has 0 aromatic carbocycles. The van der Waals surface area contributed by atoms with Gasteiger partial charge in [-0.05, 0) is 43.7 Å². The second kappa shape index (κ2) is 8.50. The molecule has 110 valence electrons. The highest BCUT2D eigenvalue weighted by Crippen LogP contribution is 2.20. The molecule has 19 heavy (non-hydrogen) atoms. The molecule has 0 aliphatic carbocycles. The van der Waals surface area contributed by atoms with E-state index in [9.17, 15) is 0 Å².